The van der Waals surface area contributed by atoms with Gasteiger partial charge in [0.05, 0.1) is 44.5 Å². The molecule has 39 heavy (non-hydrogen) atoms. The number of anilines is 1. The average molecular weight is 576 g/mol. The van der Waals surface area contributed by atoms with Crippen LogP contribution in [0.25, 0.3) is 11.3 Å². The number of hydrogen-bond donors (Lipinski definition) is 0. The van der Waals surface area contributed by atoms with Crippen LogP contribution in [0.15, 0.2) is 42.7 Å². The van der Waals surface area contributed by atoms with Gasteiger partial charge in [0.2, 0.25) is 11.8 Å². The lowest BCUT2D eigenvalue weighted by Gasteiger charge is -2.34. The Morgan fingerprint density at radius 2 is 1.77 bits per heavy atom. The maximum Gasteiger partial charge on any atom is 0.306 e. The maximum absolute atomic E-state index is 11.5. The fraction of sp³-hybridized carbons (Fsp3) is 0.385. The summed E-state index contributed by atoms with van der Waals surface area (Å²) in [6.07, 6.45) is 4.49. The van der Waals surface area contributed by atoms with Crippen molar-refractivity contribution in [3.05, 3.63) is 58.9 Å². The molecule has 3 heterocycles. The number of aryl methyl sites for hydroxylation is 1. The summed E-state index contributed by atoms with van der Waals surface area (Å²) >= 11 is 6.25. The van der Waals surface area contributed by atoms with Crippen molar-refractivity contribution in [2.75, 3.05) is 51.0 Å². The number of benzene rings is 1. The highest BCUT2D eigenvalue weighted by Gasteiger charge is 2.20. The van der Waals surface area contributed by atoms with Crippen molar-refractivity contribution < 1.29 is 26.9 Å². The predicted octanol–water partition coefficient (Wildman–Crippen LogP) is 3.45. The van der Waals surface area contributed by atoms with E-state index in [1.54, 1.807) is 30.6 Å². The van der Waals surface area contributed by atoms with Crippen molar-refractivity contribution in [2.45, 2.75) is 20.0 Å². The largest absolute Gasteiger partial charge is 0.469 e. The monoisotopic (exact) mass is 575 g/mol. The minimum atomic E-state index is -3.64. The minimum absolute atomic E-state index is 0.175. The number of ether oxygens (including phenoxy) is 2. The van der Waals surface area contributed by atoms with Gasteiger partial charge in [0.1, 0.15) is 0 Å². The summed E-state index contributed by atoms with van der Waals surface area (Å²) in [5.41, 5.74) is 2.81. The molecule has 1 saturated heterocycles. The topological polar surface area (TPSA) is 124 Å². The Bertz CT molecular complexity index is 1390. The second-order valence-corrected chi connectivity index (χ2v) is 11.2. The van der Waals surface area contributed by atoms with Crippen molar-refractivity contribution >= 4 is 33.6 Å². The molecule has 1 fully saturated rings. The zero-order valence-electron chi connectivity index (χ0n) is 22.0. The van der Waals surface area contributed by atoms with Gasteiger partial charge >= 0.3 is 5.97 Å². The second kappa shape index (κ2) is 12.7. The number of hydrogen-bond acceptors (Lipinski definition) is 11. The molecule has 208 valence electrons. The Hall–Kier alpha value is -3.32. The van der Waals surface area contributed by atoms with Crippen LogP contribution in [0.4, 0.5) is 5.95 Å². The third-order valence-electron chi connectivity index (χ3n) is 5.99. The molecule has 0 spiro atoms. The summed E-state index contributed by atoms with van der Waals surface area (Å²) in [6.45, 7) is 5.44. The number of methoxy groups -OCH3 is 1. The van der Waals surface area contributed by atoms with Gasteiger partial charge in [0, 0.05) is 49.4 Å². The number of aromatic nitrogens is 3. The first kappa shape index (κ1) is 28.7. The molecule has 1 aliphatic heterocycles. The SMILES string of the molecule is COC(=O)CCN1CCN(c2ncc(Oc3cc(COS(C)(=O)=O)cc(-c4cc(C)cc(Cl)c4)n3)cn2)CC1. The molecule has 0 aliphatic carbocycles. The average Bonchev–Trinajstić information content (AvgIpc) is 2.90. The van der Waals surface area contributed by atoms with Crippen molar-refractivity contribution in [3.8, 4) is 22.9 Å². The van der Waals surface area contributed by atoms with Crippen molar-refractivity contribution in [3.63, 3.8) is 0 Å². The minimum Gasteiger partial charge on any atom is -0.469 e. The fourth-order valence-electron chi connectivity index (χ4n) is 4.07. The first-order chi connectivity index (χ1) is 18.6. The molecule has 0 N–H and O–H groups in total. The van der Waals surface area contributed by atoms with E-state index in [-0.39, 0.29) is 18.5 Å². The van der Waals surface area contributed by atoms with Gasteiger partial charge in [-0.1, -0.05) is 11.6 Å². The van der Waals surface area contributed by atoms with E-state index in [1.165, 1.54) is 7.11 Å². The van der Waals surface area contributed by atoms with Gasteiger partial charge in [0.25, 0.3) is 10.1 Å². The van der Waals surface area contributed by atoms with E-state index in [4.69, 9.17) is 25.3 Å². The van der Waals surface area contributed by atoms with Crippen LogP contribution in [-0.2, 0) is 30.4 Å². The van der Waals surface area contributed by atoms with E-state index >= 15 is 0 Å². The van der Waals surface area contributed by atoms with Crippen molar-refractivity contribution in [1.82, 2.24) is 19.9 Å². The molecule has 2 aromatic heterocycles. The number of carbonyl (C=O) groups is 1. The lowest BCUT2D eigenvalue weighted by molar-refractivity contribution is -0.141. The lowest BCUT2D eigenvalue weighted by Crippen LogP contribution is -2.47. The van der Waals surface area contributed by atoms with Gasteiger partial charge in [0.15, 0.2) is 5.75 Å². The molecule has 3 aromatic rings. The molecule has 11 nitrogen and oxygen atoms in total. The zero-order chi connectivity index (χ0) is 28.0. The van der Waals surface area contributed by atoms with Gasteiger partial charge in [-0.05, 0) is 42.3 Å². The van der Waals surface area contributed by atoms with Crippen LogP contribution in [0.5, 0.6) is 11.6 Å². The summed E-state index contributed by atoms with van der Waals surface area (Å²) in [5.74, 6) is 0.965. The first-order valence-electron chi connectivity index (χ1n) is 12.2. The molecule has 0 amide bonds. The predicted molar refractivity (Wildman–Crippen MR) is 146 cm³/mol. The number of halogens is 1. The highest BCUT2D eigenvalue weighted by Crippen LogP contribution is 2.29. The molecule has 0 saturated carbocycles. The molecule has 1 aliphatic rings. The van der Waals surface area contributed by atoms with Crippen LogP contribution in [-0.4, -0.2) is 80.3 Å². The smallest absolute Gasteiger partial charge is 0.306 e. The second-order valence-electron chi connectivity index (χ2n) is 9.16. The highest BCUT2D eigenvalue weighted by atomic mass is 35.5. The summed E-state index contributed by atoms with van der Waals surface area (Å²) in [6, 6.07) is 8.86. The zero-order valence-corrected chi connectivity index (χ0v) is 23.5. The Morgan fingerprint density at radius 1 is 1.05 bits per heavy atom. The number of esters is 1. The standard InChI is InChI=1S/C26H30ClN5O6S/c1-18-10-20(14-21(27)11-18)23-12-19(17-37-39(3,34)35)13-24(30-23)38-22-15-28-26(29-16-22)32-8-6-31(7-9-32)5-4-25(33)36-2/h10-16H,4-9,17H2,1-3H3. The number of nitrogens with zero attached hydrogens (tertiary/aromatic N) is 5. The summed E-state index contributed by atoms with van der Waals surface area (Å²) in [4.78, 5) is 29.2. The quantitative estimate of drug-likeness (QED) is 0.261. The van der Waals surface area contributed by atoms with E-state index in [0.717, 1.165) is 43.6 Å². The molecule has 13 heteroatoms. The van der Waals surface area contributed by atoms with Crippen molar-refractivity contribution in [2.24, 2.45) is 0 Å². The van der Waals surface area contributed by atoms with Crippen LogP contribution in [0.3, 0.4) is 0 Å². The number of pyridine rings is 1. The Balaban J connectivity index is 1.47. The van der Waals surface area contributed by atoms with Gasteiger partial charge in [-0.2, -0.15) is 8.42 Å². The van der Waals surface area contributed by atoms with E-state index < -0.39 is 10.1 Å². The van der Waals surface area contributed by atoms with Crippen LogP contribution in [0.1, 0.15) is 17.5 Å². The molecule has 0 radical (unpaired) electrons. The van der Waals surface area contributed by atoms with E-state index in [0.29, 0.717) is 40.9 Å². The fourth-order valence-corrected chi connectivity index (χ4v) is 4.71. The van der Waals surface area contributed by atoms with E-state index in [1.807, 2.05) is 19.1 Å². The van der Waals surface area contributed by atoms with Crippen LogP contribution in [0.2, 0.25) is 5.02 Å². The molecular formula is C26H30ClN5O6S. The van der Waals surface area contributed by atoms with Gasteiger partial charge in [-0.3, -0.25) is 13.9 Å². The third-order valence-corrected chi connectivity index (χ3v) is 6.76. The molecule has 0 atom stereocenters. The Morgan fingerprint density at radius 3 is 2.41 bits per heavy atom. The lowest BCUT2D eigenvalue weighted by atomic mass is 10.1. The Labute approximate surface area is 232 Å². The van der Waals surface area contributed by atoms with Crippen LogP contribution >= 0.6 is 11.6 Å². The summed E-state index contributed by atoms with van der Waals surface area (Å²) in [7, 11) is -2.25. The highest BCUT2D eigenvalue weighted by molar-refractivity contribution is 7.85. The molecule has 0 bridgehead atoms. The molecule has 1 aromatic carbocycles. The van der Waals surface area contributed by atoms with E-state index in [9.17, 15) is 13.2 Å². The Kier molecular flexibility index (Phi) is 9.33. The number of carbonyl (C=O) groups excluding carboxylic acids is 1. The maximum atomic E-state index is 11.5. The normalized spacial score (nSPS) is 14.3. The van der Waals surface area contributed by atoms with Crippen molar-refractivity contribution in [1.29, 1.82) is 0 Å². The summed E-state index contributed by atoms with van der Waals surface area (Å²) < 4.78 is 38.7. The van der Waals surface area contributed by atoms with E-state index in [2.05, 4.69) is 24.8 Å². The molecule has 4 rings (SSSR count). The van der Waals surface area contributed by atoms with Gasteiger partial charge < -0.3 is 14.4 Å². The number of rotatable bonds is 10. The summed E-state index contributed by atoms with van der Waals surface area (Å²) in [5, 5.41) is 0.556. The third kappa shape index (κ3) is 8.59. The van der Waals surface area contributed by atoms with Crippen LogP contribution in [0, 0.1) is 6.92 Å². The van der Waals surface area contributed by atoms with Gasteiger partial charge in [-0.25, -0.2) is 15.0 Å². The molecular weight excluding hydrogens is 546 g/mol. The molecule has 0 unspecified atom stereocenters. The first-order valence-corrected chi connectivity index (χ1v) is 14.4. The van der Waals surface area contributed by atoms with Crippen LogP contribution < -0.4 is 9.64 Å². The van der Waals surface area contributed by atoms with Gasteiger partial charge in [-0.15, -0.1) is 0 Å². The number of piperazine rings is 1.